The molecule has 0 aromatic heterocycles. The molecule has 21 heavy (non-hydrogen) atoms. The molecule has 0 aliphatic heterocycles. The molecule has 0 spiro atoms. The number of hydrogen-bond donors (Lipinski definition) is 0. The van der Waals surface area contributed by atoms with Crippen LogP contribution in [0.4, 0.5) is 0 Å². The standard InChI is InChI=1S/C18H25BrOSi/c1-15(2)14-20-16(3)18(19)12-9-13-21(4,5)17-10-7-6-8-11-17/h6-13,16H,1,14H2,2-5H3/b13-9+,18-12-. The third kappa shape index (κ3) is 6.59. The van der Waals surface area contributed by atoms with Crippen LogP contribution in [-0.4, -0.2) is 20.8 Å². The van der Waals surface area contributed by atoms with Crippen LogP contribution >= 0.6 is 15.9 Å². The van der Waals surface area contributed by atoms with Gasteiger partial charge in [-0.1, -0.05) is 94.5 Å². The Hall–Kier alpha value is -0.903. The Balaban J connectivity index is 2.67. The first kappa shape index (κ1) is 18.1. The van der Waals surface area contributed by atoms with E-state index in [9.17, 15) is 0 Å². The van der Waals surface area contributed by atoms with Crippen LogP contribution < -0.4 is 5.19 Å². The van der Waals surface area contributed by atoms with Crippen molar-refractivity contribution in [2.24, 2.45) is 0 Å². The van der Waals surface area contributed by atoms with Crippen LogP contribution in [-0.2, 0) is 4.74 Å². The maximum atomic E-state index is 5.70. The first-order chi connectivity index (χ1) is 9.83. The number of allylic oxidation sites excluding steroid dienone is 2. The summed E-state index contributed by atoms with van der Waals surface area (Å²) in [5, 5.41) is 1.44. The van der Waals surface area contributed by atoms with Crippen molar-refractivity contribution >= 4 is 29.2 Å². The summed E-state index contributed by atoms with van der Waals surface area (Å²) < 4.78 is 6.75. The smallest absolute Gasteiger partial charge is 0.104 e. The van der Waals surface area contributed by atoms with Crippen LogP contribution in [0.15, 0.2) is 64.8 Å². The van der Waals surface area contributed by atoms with E-state index in [2.05, 4.69) is 83.8 Å². The quantitative estimate of drug-likeness (QED) is 0.377. The highest BCUT2D eigenvalue weighted by Gasteiger charge is 2.18. The molecular weight excluding hydrogens is 340 g/mol. The minimum atomic E-state index is -1.52. The Labute approximate surface area is 138 Å². The van der Waals surface area contributed by atoms with Gasteiger partial charge in [-0.25, -0.2) is 0 Å². The van der Waals surface area contributed by atoms with Crippen molar-refractivity contribution in [3.8, 4) is 0 Å². The minimum absolute atomic E-state index is 0.0489. The van der Waals surface area contributed by atoms with E-state index in [1.54, 1.807) is 0 Å². The highest BCUT2D eigenvalue weighted by Crippen LogP contribution is 2.15. The molecule has 0 N–H and O–H groups in total. The normalized spacial score (nSPS) is 14.4. The fourth-order valence-electron chi connectivity index (χ4n) is 1.83. The maximum absolute atomic E-state index is 5.70. The fourth-order valence-corrected chi connectivity index (χ4v) is 3.93. The zero-order valence-corrected chi connectivity index (χ0v) is 16.0. The Morgan fingerprint density at radius 1 is 1.33 bits per heavy atom. The van der Waals surface area contributed by atoms with Gasteiger partial charge in [0, 0.05) is 4.48 Å². The number of ether oxygens (including phenoxy) is 1. The molecule has 0 saturated heterocycles. The Kier molecular flexibility index (Phi) is 7.36. The van der Waals surface area contributed by atoms with Crippen molar-refractivity contribution in [3.63, 3.8) is 0 Å². The lowest BCUT2D eigenvalue weighted by Gasteiger charge is -2.18. The highest BCUT2D eigenvalue weighted by molar-refractivity contribution is 9.11. The Morgan fingerprint density at radius 2 is 1.95 bits per heavy atom. The fraction of sp³-hybridized carbons (Fsp3) is 0.333. The van der Waals surface area contributed by atoms with E-state index in [0.717, 1.165) is 10.1 Å². The minimum Gasteiger partial charge on any atom is -0.369 e. The van der Waals surface area contributed by atoms with Gasteiger partial charge in [0.05, 0.1) is 12.7 Å². The van der Waals surface area contributed by atoms with E-state index in [1.807, 2.05) is 13.8 Å². The van der Waals surface area contributed by atoms with Gasteiger partial charge in [0.25, 0.3) is 0 Å². The van der Waals surface area contributed by atoms with E-state index >= 15 is 0 Å². The Morgan fingerprint density at radius 3 is 2.52 bits per heavy atom. The average molecular weight is 365 g/mol. The molecule has 0 aliphatic carbocycles. The second kappa shape index (κ2) is 8.52. The van der Waals surface area contributed by atoms with Gasteiger partial charge in [0.2, 0.25) is 0 Å². The monoisotopic (exact) mass is 364 g/mol. The predicted octanol–water partition coefficient (Wildman–Crippen LogP) is 4.96. The van der Waals surface area contributed by atoms with E-state index in [4.69, 9.17) is 4.74 Å². The number of hydrogen-bond acceptors (Lipinski definition) is 1. The maximum Gasteiger partial charge on any atom is 0.104 e. The van der Waals surface area contributed by atoms with Crippen LogP contribution in [0.5, 0.6) is 0 Å². The molecule has 1 rings (SSSR count). The largest absolute Gasteiger partial charge is 0.369 e. The number of benzene rings is 1. The van der Waals surface area contributed by atoms with Gasteiger partial charge in [-0.3, -0.25) is 0 Å². The van der Waals surface area contributed by atoms with Crippen LogP contribution in [0.2, 0.25) is 13.1 Å². The van der Waals surface area contributed by atoms with Gasteiger partial charge in [0.15, 0.2) is 0 Å². The zero-order valence-electron chi connectivity index (χ0n) is 13.4. The van der Waals surface area contributed by atoms with Crippen molar-refractivity contribution in [2.75, 3.05) is 6.61 Å². The summed E-state index contributed by atoms with van der Waals surface area (Å²) in [4.78, 5) is 0. The molecular formula is C18H25BrOSi. The van der Waals surface area contributed by atoms with Crippen molar-refractivity contribution < 1.29 is 4.74 Å². The molecule has 0 bridgehead atoms. The number of rotatable bonds is 7. The van der Waals surface area contributed by atoms with Gasteiger partial charge in [-0.2, -0.15) is 0 Å². The summed E-state index contributed by atoms with van der Waals surface area (Å²) in [6.07, 6.45) is 4.28. The molecule has 1 nitrogen and oxygen atoms in total. The van der Waals surface area contributed by atoms with Gasteiger partial charge in [-0.15, -0.1) is 0 Å². The molecule has 114 valence electrons. The molecule has 3 heteroatoms. The molecule has 0 fully saturated rings. The molecule has 0 heterocycles. The van der Waals surface area contributed by atoms with Crippen LogP contribution in [0.3, 0.4) is 0 Å². The molecule has 1 aromatic rings. The van der Waals surface area contributed by atoms with Crippen molar-refractivity contribution in [3.05, 3.63) is 64.8 Å². The van der Waals surface area contributed by atoms with Crippen LogP contribution in [0.25, 0.3) is 0 Å². The highest BCUT2D eigenvalue weighted by atomic mass is 79.9. The van der Waals surface area contributed by atoms with E-state index in [1.165, 1.54) is 5.19 Å². The van der Waals surface area contributed by atoms with Crippen molar-refractivity contribution in [1.29, 1.82) is 0 Å². The molecule has 0 amide bonds. The van der Waals surface area contributed by atoms with Crippen LogP contribution in [0.1, 0.15) is 13.8 Å². The predicted molar refractivity (Wildman–Crippen MR) is 99.9 cm³/mol. The van der Waals surface area contributed by atoms with Gasteiger partial charge < -0.3 is 4.74 Å². The second-order valence-corrected chi connectivity index (χ2v) is 11.2. The van der Waals surface area contributed by atoms with Gasteiger partial charge >= 0.3 is 0 Å². The van der Waals surface area contributed by atoms with Crippen LogP contribution in [0, 0.1) is 0 Å². The van der Waals surface area contributed by atoms with E-state index < -0.39 is 8.07 Å². The van der Waals surface area contributed by atoms with Gasteiger partial charge in [0.1, 0.15) is 8.07 Å². The summed E-state index contributed by atoms with van der Waals surface area (Å²) in [6, 6.07) is 10.7. The third-order valence-electron chi connectivity index (χ3n) is 3.25. The first-order valence-corrected chi connectivity index (χ1v) is 11.1. The molecule has 0 radical (unpaired) electrons. The molecule has 1 aromatic carbocycles. The summed E-state index contributed by atoms with van der Waals surface area (Å²) in [7, 11) is -1.52. The number of halogens is 1. The first-order valence-electron chi connectivity index (χ1n) is 7.19. The summed E-state index contributed by atoms with van der Waals surface area (Å²) >= 11 is 3.59. The summed E-state index contributed by atoms with van der Waals surface area (Å²) in [5.74, 6) is 0. The lowest BCUT2D eigenvalue weighted by molar-refractivity contribution is 0.115. The van der Waals surface area contributed by atoms with Crippen molar-refractivity contribution in [2.45, 2.75) is 33.0 Å². The lowest BCUT2D eigenvalue weighted by atomic mass is 10.3. The van der Waals surface area contributed by atoms with Crippen molar-refractivity contribution in [1.82, 2.24) is 0 Å². The summed E-state index contributed by atoms with van der Waals surface area (Å²) in [5.41, 5.74) is 3.38. The van der Waals surface area contributed by atoms with E-state index in [-0.39, 0.29) is 6.10 Å². The van der Waals surface area contributed by atoms with Gasteiger partial charge in [-0.05, 0) is 13.8 Å². The topological polar surface area (TPSA) is 9.23 Å². The van der Waals surface area contributed by atoms with E-state index in [0.29, 0.717) is 6.61 Å². The molecule has 1 atom stereocenters. The lowest BCUT2D eigenvalue weighted by Crippen LogP contribution is -2.39. The molecule has 0 aliphatic rings. The Bertz CT molecular complexity index is 517. The molecule has 1 unspecified atom stereocenters. The molecule has 0 saturated carbocycles. The average Bonchev–Trinajstić information content (AvgIpc) is 2.45. The SMILES string of the molecule is C=C(C)COC(C)/C(Br)=C/C=C/[Si](C)(C)c1ccccc1. The zero-order chi connectivity index (χ0) is 15.9. The third-order valence-corrected chi connectivity index (χ3v) is 7.01. The summed E-state index contributed by atoms with van der Waals surface area (Å²) in [6.45, 7) is 13.1. The second-order valence-electron chi connectivity index (χ2n) is 5.91.